The van der Waals surface area contributed by atoms with Gasteiger partial charge in [-0.15, -0.1) is 12.4 Å². The van der Waals surface area contributed by atoms with Crippen LogP contribution in [0.25, 0.3) is 0 Å². The number of carbonyl (C=O) groups excluding carboxylic acids is 2. The molecule has 2 aromatic carbocycles. The lowest BCUT2D eigenvalue weighted by Gasteiger charge is -2.33. The highest BCUT2D eigenvalue weighted by atomic mass is 35.5. The van der Waals surface area contributed by atoms with Gasteiger partial charge in [0.25, 0.3) is 0 Å². The number of amidine groups is 1. The molecule has 0 saturated heterocycles. The van der Waals surface area contributed by atoms with Gasteiger partial charge in [-0.1, -0.05) is 61.7 Å². The van der Waals surface area contributed by atoms with E-state index < -0.39 is 33.4 Å². The number of sulfonamides is 1. The first-order valence-corrected chi connectivity index (χ1v) is 13.6. The van der Waals surface area contributed by atoms with Crippen molar-refractivity contribution in [1.82, 2.24) is 15.4 Å². The molecule has 9 nitrogen and oxygen atoms in total. The van der Waals surface area contributed by atoms with Crippen LogP contribution in [-0.2, 0) is 26.2 Å². The molecule has 1 aliphatic rings. The average Bonchev–Trinajstić information content (AvgIpc) is 2.86. The van der Waals surface area contributed by atoms with Gasteiger partial charge in [0.1, 0.15) is 17.4 Å². The summed E-state index contributed by atoms with van der Waals surface area (Å²) < 4.78 is 28.7. The highest BCUT2D eigenvalue weighted by Gasteiger charge is 2.38. The van der Waals surface area contributed by atoms with Crippen LogP contribution in [0.1, 0.15) is 57.1 Å². The molecule has 1 atom stereocenters. The molecule has 0 bridgehead atoms. The number of hydrogen-bond acceptors (Lipinski definition) is 5. The van der Waals surface area contributed by atoms with Gasteiger partial charge >= 0.3 is 0 Å². The Kier molecular flexibility index (Phi) is 10.7. The molecular weight excluding hydrogens is 514 g/mol. The third kappa shape index (κ3) is 8.28. The molecule has 3 rings (SSSR count). The summed E-state index contributed by atoms with van der Waals surface area (Å²) >= 11 is 0. The minimum Gasteiger partial charge on any atom is -0.384 e. The predicted molar refractivity (Wildman–Crippen MR) is 146 cm³/mol. The van der Waals surface area contributed by atoms with Gasteiger partial charge in [0.05, 0.1) is 4.90 Å². The number of rotatable bonds is 10. The van der Waals surface area contributed by atoms with Crippen molar-refractivity contribution in [3.63, 3.8) is 0 Å². The maximum Gasteiger partial charge on any atom is 0.245 e. The van der Waals surface area contributed by atoms with E-state index in [2.05, 4.69) is 15.4 Å². The van der Waals surface area contributed by atoms with Crippen molar-refractivity contribution < 1.29 is 18.0 Å². The number of amides is 2. The quantitative estimate of drug-likeness (QED) is 0.228. The van der Waals surface area contributed by atoms with E-state index in [1.54, 1.807) is 56.3 Å². The summed E-state index contributed by atoms with van der Waals surface area (Å²) in [4.78, 5) is 26.4. The second kappa shape index (κ2) is 13.0. The standard InChI is InChI=1S/C26H35N5O4S.ClH/c1-26(2,25(33)29-17-18-13-15-20(16-14-18)23(27)28)30-24(32)22(19-9-5-3-6-10-19)31-36(34,35)21-11-7-4-8-12-21;/h4,7-8,11-16,19,22,31H,3,5-6,9-10,17H2,1-2H3,(H3,27,28)(H,29,33)(H,30,32);1H/t22-;/m1./s1. The molecule has 202 valence electrons. The van der Waals surface area contributed by atoms with E-state index in [-0.39, 0.29) is 35.6 Å². The Hall–Kier alpha value is -2.95. The van der Waals surface area contributed by atoms with Crippen molar-refractivity contribution >= 4 is 40.1 Å². The second-order valence-corrected chi connectivity index (χ2v) is 11.4. The summed E-state index contributed by atoms with van der Waals surface area (Å²) in [6.07, 6.45) is 4.37. The molecule has 0 aromatic heterocycles. The molecule has 0 radical (unpaired) electrons. The molecule has 0 heterocycles. The summed E-state index contributed by atoms with van der Waals surface area (Å²) in [6.45, 7) is 3.40. The maximum atomic E-state index is 13.4. The number of nitrogens with two attached hydrogens (primary N) is 1. The van der Waals surface area contributed by atoms with E-state index in [9.17, 15) is 18.0 Å². The van der Waals surface area contributed by atoms with Gasteiger partial charge in [0, 0.05) is 12.1 Å². The molecule has 2 aromatic rings. The van der Waals surface area contributed by atoms with Gasteiger partial charge in [0.2, 0.25) is 21.8 Å². The zero-order chi connectivity index (χ0) is 26.3. The number of carbonyl (C=O) groups is 2. The topological polar surface area (TPSA) is 154 Å². The van der Waals surface area contributed by atoms with Crippen LogP contribution in [-0.4, -0.2) is 37.6 Å². The summed E-state index contributed by atoms with van der Waals surface area (Å²) in [5.41, 5.74) is 5.59. The van der Waals surface area contributed by atoms with Crippen LogP contribution < -0.4 is 21.1 Å². The van der Waals surface area contributed by atoms with Gasteiger partial charge in [0.15, 0.2) is 0 Å². The van der Waals surface area contributed by atoms with Crippen LogP contribution in [0.15, 0.2) is 59.5 Å². The van der Waals surface area contributed by atoms with Crippen molar-refractivity contribution in [1.29, 1.82) is 5.41 Å². The highest BCUT2D eigenvalue weighted by Crippen LogP contribution is 2.28. The molecule has 1 saturated carbocycles. The molecule has 6 N–H and O–H groups in total. The minimum absolute atomic E-state index is 0. The van der Waals surface area contributed by atoms with Gasteiger partial charge in [-0.25, -0.2) is 8.42 Å². The number of benzene rings is 2. The Morgan fingerprint density at radius 1 is 1.03 bits per heavy atom. The molecule has 37 heavy (non-hydrogen) atoms. The second-order valence-electron chi connectivity index (χ2n) is 9.72. The fraction of sp³-hybridized carbons (Fsp3) is 0.423. The van der Waals surface area contributed by atoms with Gasteiger partial charge in [-0.05, 0) is 50.3 Å². The fourth-order valence-corrected chi connectivity index (χ4v) is 5.60. The largest absolute Gasteiger partial charge is 0.384 e. The highest BCUT2D eigenvalue weighted by molar-refractivity contribution is 7.89. The molecule has 0 unspecified atom stereocenters. The number of nitrogens with one attached hydrogen (secondary N) is 4. The Labute approximate surface area is 225 Å². The summed E-state index contributed by atoms with van der Waals surface area (Å²) in [5, 5.41) is 13.0. The first-order valence-electron chi connectivity index (χ1n) is 12.1. The van der Waals surface area contributed by atoms with Gasteiger partial charge in [-0.2, -0.15) is 4.72 Å². The number of nitrogen functional groups attached to an aromatic ring is 1. The van der Waals surface area contributed by atoms with Crippen molar-refractivity contribution in [2.24, 2.45) is 11.7 Å². The lowest BCUT2D eigenvalue weighted by molar-refractivity contribution is -0.133. The molecule has 0 spiro atoms. The van der Waals surface area contributed by atoms with Crippen LogP contribution in [0.5, 0.6) is 0 Å². The SMILES string of the molecule is CC(C)(NC(=O)[C@H](NS(=O)(=O)c1ccccc1)C1CCCCC1)C(=O)NCc1ccc(C(=N)N)cc1.Cl. The molecule has 0 aliphatic heterocycles. The Morgan fingerprint density at radius 2 is 1.62 bits per heavy atom. The zero-order valence-corrected chi connectivity index (χ0v) is 22.8. The summed E-state index contributed by atoms with van der Waals surface area (Å²) in [6, 6.07) is 13.9. The van der Waals surface area contributed by atoms with Crippen LogP contribution in [0, 0.1) is 11.3 Å². The van der Waals surface area contributed by atoms with E-state index in [4.69, 9.17) is 11.1 Å². The normalized spacial score (nSPS) is 15.2. The van der Waals surface area contributed by atoms with Crippen molar-refractivity contribution in [2.45, 2.75) is 69.0 Å². The first kappa shape index (κ1) is 30.3. The third-order valence-electron chi connectivity index (χ3n) is 6.46. The number of halogens is 1. The van der Waals surface area contributed by atoms with E-state index in [0.717, 1.165) is 37.7 Å². The van der Waals surface area contributed by atoms with Crippen LogP contribution in [0.4, 0.5) is 0 Å². The third-order valence-corrected chi connectivity index (χ3v) is 7.92. The lowest BCUT2D eigenvalue weighted by Crippen LogP contribution is -2.60. The molecule has 11 heteroatoms. The van der Waals surface area contributed by atoms with Crippen LogP contribution in [0.3, 0.4) is 0 Å². The van der Waals surface area contributed by atoms with Crippen molar-refractivity contribution in [3.8, 4) is 0 Å². The Balaban J connectivity index is 0.00000481. The smallest absolute Gasteiger partial charge is 0.245 e. The fourth-order valence-electron chi connectivity index (χ4n) is 4.31. The van der Waals surface area contributed by atoms with E-state index >= 15 is 0 Å². The molecule has 1 aliphatic carbocycles. The molecule has 1 fully saturated rings. The minimum atomic E-state index is -3.92. The monoisotopic (exact) mass is 549 g/mol. The molecular formula is C26H36ClN5O4S. The van der Waals surface area contributed by atoms with Crippen molar-refractivity contribution in [2.75, 3.05) is 0 Å². The Morgan fingerprint density at radius 3 is 2.19 bits per heavy atom. The van der Waals surface area contributed by atoms with E-state index in [1.807, 2.05) is 0 Å². The van der Waals surface area contributed by atoms with E-state index in [1.165, 1.54) is 12.1 Å². The lowest BCUT2D eigenvalue weighted by atomic mass is 9.83. The van der Waals surface area contributed by atoms with Crippen molar-refractivity contribution in [3.05, 3.63) is 65.7 Å². The summed E-state index contributed by atoms with van der Waals surface area (Å²) in [7, 11) is -3.92. The van der Waals surface area contributed by atoms with Gasteiger partial charge in [-0.3, -0.25) is 15.0 Å². The van der Waals surface area contributed by atoms with Crippen LogP contribution in [0.2, 0.25) is 0 Å². The maximum absolute atomic E-state index is 13.4. The van der Waals surface area contributed by atoms with Crippen LogP contribution >= 0.6 is 12.4 Å². The zero-order valence-electron chi connectivity index (χ0n) is 21.1. The Bertz CT molecular complexity index is 1180. The average molecular weight is 550 g/mol. The van der Waals surface area contributed by atoms with Gasteiger partial charge < -0.3 is 16.4 Å². The number of hydrogen-bond donors (Lipinski definition) is 5. The van der Waals surface area contributed by atoms with E-state index in [0.29, 0.717) is 5.56 Å². The predicted octanol–water partition coefficient (Wildman–Crippen LogP) is 2.83. The molecule has 2 amide bonds. The summed E-state index contributed by atoms with van der Waals surface area (Å²) in [5.74, 6) is -1.12. The first-order chi connectivity index (χ1) is 17.0.